The Morgan fingerprint density at radius 1 is 1.30 bits per heavy atom. The number of hydrogen-bond acceptors (Lipinski definition) is 5. The normalized spacial score (nSPS) is 27.2. The SMILES string of the molecule is COC(=O)CCCS(=O)(=O)NC1CCN2CCCCC12. The number of nitrogens with one attached hydrogen (secondary N) is 1. The molecular weight excluding hydrogens is 280 g/mol. The van der Waals surface area contributed by atoms with Gasteiger partial charge in [0.25, 0.3) is 0 Å². The molecular formula is C13H24N2O4S. The van der Waals surface area contributed by atoms with E-state index in [9.17, 15) is 13.2 Å². The summed E-state index contributed by atoms with van der Waals surface area (Å²) in [5, 5.41) is 0. The number of ether oxygens (including phenoxy) is 1. The zero-order valence-corrected chi connectivity index (χ0v) is 12.8. The summed E-state index contributed by atoms with van der Waals surface area (Å²) in [6.45, 7) is 2.07. The van der Waals surface area contributed by atoms with Crippen molar-refractivity contribution in [2.24, 2.45) is 0 Å². The summed E-state index contributed by atoms with van der Waals surface area (Å²) >= 11 is 0. The largest absolute Gasteiger partial charge is 0.469 e. The van der Waals surface area contributed by atoms with E-state index in [0.29, 0.717) is 12.5 Å². The third-order valence-electron chi connectivity index (χ3n) is 4.21. The number of rotatable bonds is 6. The highest BCUT2D eigenvalue weighted by Gasteiger charge is 2.37. The van der Waals surface area contributed by atoms with Gasteiger partial charge in [0.05, 0.1) is 12.9 Å². The van der Waals surface area contributed by atoms with Crippen LogP contribution in [-0.4, -0.2) is 57.3 Å². The predicted octanol–water partition coefficient (Wildman–Crippen LogP) is 0.486. The van der Waals surface area contributed by atoms with E-state index >= 15 is 0 Å². The van der Waals surface area contributed by atoms with E-state index in [-0.39, 0.29) is 24.2 Å². The molecule has 0 saturated carbocycles. The van der Waals surface area contributed by atoms with Crippen molar-refractivity contribution in [1.29, 1.82) is 0 Å². The molecule has 2 saturated heterocycles. The van der Waals surface area contributed by atoms with Crippen LogP contribution >= 0.6 is 0 Å². The summed E-state index contributed by atoms with van der Waals surface area (Å²) in [4.78, 5) is 13.4. The van der Waals surface area contributed by atoms with Gasteiger partial charge in [-0.3, -0.25) is 9.69 Å². The molecule has 0 aromatic rings. The van der Waals surface area contributed by atoms with Crippen LogP contribution in [0.4, 0.5) is 0 Å². The van der Waals surface area contributed by atoms with Crippen molar-refractivity contribution in [3.8, 4) is 0 Å². The second-order valence-corrected chi connectivity index (χ2v) is 7.48. The lowest BCUT2D eigenvalue weighted by molar-refractivity contribution is -0.140. The molecule has 2 atom stereocenters. The van der Waals surface area contributed by atoms with Crippen molar-refractivity contribution in [1.82, 2.24) is 9.62 Å². The quantitative estimate of drug-likeness (QED) is 0.723. The van der Waals surface area contributed by atoms with E-state index in [2.05, 4.69) is 14.4 Å². The van der Waals surface area contributed by atoms with Gasteiger partial charge in [-0.15, -0.1) is 0 Å². The molecule has 20 heavy (non-hydrogen) atoms. The summed E-state index contributed by atoms with van der Waals surface area (Å²) < 4.78 is 31.4. The topological polar surface area (TPSA) is 75.7 Å². The molecule has 116 valence electrons. The van der Waals surface area contributed by atoms with Crippen molar-refractivity contribution >= 4 is 16.0 Å². The van der Waals surface area contributed by atoms with Crippen LogP contribution in [0, 0.1) is 0 Å². The van der Waals surface area contributed by atoms with Gasteiger partial charge in [-0.1, -0.05) is 6.42 Å². The first-order chi connectivity index (χ1) is 9.52. The molecule has 1 N–H and O–H groups in total. The van der Waals surface area contributed by atoms with Crippen LogP contribution < -0.4 is 4.72 Å². The summed E-state index contributed by atoms with van der Waals surface area (Å²) in [7, 11) is -1.99. The summed E-state index contributed by atoms with van der Waals surface area (Å²) in [6.07, 6.45) is 4.83. The number of methoxy groups -OCH3 is 1. The maximum Gasteiger partial charge on any atom is 0.305 e. The fraction of sp³-hybridized carbons (Fsp3) is 0.923. The average molecular weight is 304 g/mol. The first-order valence-electron chi connectivity index (χ1n) is 7.33. The molecule has 0 bridgehead atoms. The highest BCUT2D eigenvalue weighted by molar-refractivity contribution is 7.89. The summed E-state index contributed by atoms with van der Waals surface area (Å²) in [5.74, 6) is -0.370. The molecule has 2 fully saturated rings. The molecule has 7 heteroatoms. The van der Waals surface area contributed by atoms with Crippen LogP contribution in [-0.2, 0) is 19.6 Å². The Morgan fingerprint density at radius 3 is 2.85 bits per heavy atom. The first kappa shape index (κ1) is 15.7. The fourth-order valence-electron chi connectivity index (χ4n) is 3.18. The summed E-state index contributed by atoms with van der Waals surface area (Å²) in [6, 6.07) is 0.401. The van der Waals surface area contributed by atoms with E-state index in [1.54, 1.807) is 0 Å². The Balaban J connectivity index is 1.80. The third kappa shape index (κ3) is 4.17. The van der Waals surface area contributed by atoms with Gasteiger partial charge in [-0.2, -0.15) is 0 Å². The van der Waals surface area contributed by atoms with Gasteiger partial charge >= 0.3 is 5.97 Å². The molecule has 2 aliphatic heterocycles. The number of sulfonamides is 1. The molecule has 0 aliphatic carbocycles. The first-order valence-corrected chi connectivity index (χ1v) is 8.98. The van der Waals surface area contributed by atoms with Crippen molar-refractivity contribution in [2.75, 3.05) is 26.0 Å². The standard InChI is InChI=1S/C13H24N2O4S/c1-19-13(16)6-4-10-20(17,18)14-11-7-9-15-8-3-2-5-12(11)15/h11-12,14H,2-10H2,1H3. The number of carbonyl (C=O) groups excluding carboxylic acids is 1. The van der Waals surface area contributed by atoms with Gasteiger partial charge in [0.1, 0.15) is 0 Å². The monoisotopic (exact) mass is 304 g/mol. The molecule has 0 aromatic carbocycles. The van der Waals surface area contributed by atoms with E-state index in [0.717, 1.165) is 25.9 Å². The average Bonchev–Trinajstić information content (AvgIpc) is 2.81. The molecule has 2 unspecified atom stereocenters. The molecule has 0 spiro atoms. The van der Waals surface area contributed by atoms with Crippen LogP contribution in [0.1, 0.15) is 38.5 Å². The van der Waals surface area contributed by atoms with E-state index in [4.69, 9.17) is 0 Å². The van der Waals surface area contributed by atoms with Gasteiger partial charge < -0.3 is 4.74 Å². The van der Waals surface area contributed by atoms with Crippen LogP contribution in [0.5, 0.6) is 0 Å². The predicted molar refractivity (Wildman–Crippen MR) is 75.8 cm³/mol. The molecule has 0 amide bonds. The van der Waals surface area contributed by atoms with Gasteiger partial charge in [0, 0.05) is 25.0 Å². The zero-order valence-electron chi connectivity index (χ0n) is 12.0. The van der Waals surface area contributed by atoms with Crippen LogP contribution in [0.3, 0.4) is 0 Å². The number of nitrogens with zero attached hydrogens (tertiary/aromatic N) is 1. The maximum atomic E-state index is 12.0. The lowest BCUT2D eigenvalue weighted by Gasteiger charge is -2.32. The van der Waals surface area contributed by atoms with Crippen LogP contribution in [0.25, 0.3) is 0 Å². The van der Waals surface area contributed by atoms with Gasteiger partial charge in [0.15, 0.2) is 0 Å². The van der Waals surface area contributed by atoms with Crippen LogP contribution in [0.2, 0.25) is 0 Å². The molecule has 2 aliphatic rings. The highest BCUT2D eigenvalue weighted by atomic mass is 32.2. The Kier molecular flexibility index (Phi) is 5.40. The van der Waals surface area contributed by atoms with Gasteiger partial charge in [-0.05, 0) is 32.2 Å². The highest BCUT2D eigenvalue weighted by Crippen LogP contribution is 2.27. The lowest BCUT2D eigenvalue weighted by atomic mass is 10.00. The number of carbonyl (C=O) groups is 1. The molecule has 2 rings (SSSR count). The zero-order chi connectivity index (χ0) is 14.6. The lowest BCUT2D eigenvalue weighted by Crippen LogP contribution is -2.47. The van der Waals surface area contributed by atoms with Gasteiger partial charge in [-0.25, -0.2) is 13.1 Å². The number of piperidine rings is 1. The molecule has 6 nitrogen and oxygen atoms in total. The van der Waals surface area contributed by atoms with Crippen molar-refractivity contribution in [2.45, 2.75) is 50.6 Å². The van der Waals surface area contributed by atoms with E-state index in [1.807, 2.05) is 0 Å². The Morgan fingerprint density at radius 2 is 2.10 bits per heavy atom. The second-order valence-electron chi connectivity index (χ2n) is 5.61. The third-order valence-corrected chi connectivity index (χ3v) is 5.70. The second kappa shape index (κ2) is 6.87. The molecule has 2 heterocycles. The van der Waals surface area contributed by atoms with Crippen molar-refractivity contribution in [3.63, 3.8) is 0 Å². The Labute approximate surface area is 120 Å². The molecule has 0 radical (unpaired) electrons. The number of esters is 1. The fourth-order valence-corrected chi connectivity index (χ4v) is 4.56. The van der Waals surface area contributed by atoms with E-state index in [1.165, 1.54) is 20.0 Å². The van der Waals surface area contributed by atoms with Crippen molar-refractivity contribution < 1.29 is 17.9 Å². The van der Waals surface area contributed by atoms with Crippen LogP contribution in [0.15, 0.2) is 0 Å². The minimum absolute atomic E-state index is 0.00861. The number of hydrogen-bond donors (Lipinski definition) is 1. The summed E-state index contributed by atoms with van der Waals surface area (Å²) in [5.41, 5.74) is 0. The Hall–Kier alpha value is -0.660. The maximum absolute atomic E-state index is 12.0. The molecule has 0 aromatic heterocycles. The van der Waals surface area contributed by atoms with Crippen molar-refractivity contribution in [3.05, 3.63) is 0 Å². The van der Waals surface area contributed by atoms with Gasteiger partial charge in [0.2, 0.25) is 10.0 Å². The van der Waals surface area contributed by atoms with E-state index < -0.39 is 10.0 Å². The number of fused-ring (bicyclic) bond motifs is 1. The minimum Gasteiger partial charge on any atom is -0.469 e. The minimum atomic E-state index is -3.30. The Bertz CT molecular complexity index is 438. The smallest absolute Gasteiger partial charge is 0.305 e.